The first-order valence-electron chi connectivity index (χ1n) is 5.15. The Labute approximate surface area is 111 Å². The number of nitrogens with zero attached hydrogens (tertiary/aromatic N) is 1. The Hall–Kier alpha value is -1.11. The zero-order valence-corrected chi connectivity index (χ0v) is 11.8. The zero-order chi connectivity index (χ0) is 14.1. The monoisotopic (exact) mass is 291 g/mol. The summed E-state index contributed by atoms with van der Waals surface area (Å²) in [5.74, 6) is -1.22. The summed E-state index contributed by atoms with van der Waals surface area (Å²) in [6.45, 7) is 3.08. The average Bonchev–Trinajstić information content (AvgIpc) is 2.26. The van der Waals surface area contributed by atoms with Gasteiger partial charge >= 0.3 is 5.97 Å². The Kier molecular flexibility index (Phi) is 4.37. The fourth-order valence-electron chi connectivity index (χ4n) is 1.33. The van der Waals surface area contributed by atoms with Crippen molar-refractivity contribution in [2.45, 2.75) is 24.8 Å². The molecule has 0 radical (unpaired) electrons. The van der Waals surface area contributed by atoms with E-state index in [1.54, 1.807) is 13.0 Å². The molecule has 0 saturated carbocycles. The maximum Gasteiger partial charge on any atom is 0.321 e. The SMILES string of the molecule is Cc1ccc(S(=O)(=O)N(C)[C@@H](C)C(=O)O)c(Cl)c1. The third-order valence-corrected chi connectivity index (χ3v) is 5.06. The van der Waals surface area contributed by atoms with Crippen LogP contribution in [0.3, 0.4) is 0 Å². The number of carbonyl (C=O) groups is 1. The van der Waals surface area contributed by atoms with E-state index >= 15 is 0 Å². The van der Waals surface area contributed by atoms with Gasteiger partial charge in [-0.15, -0.1) is 0 Å². The summed E-state index contributed by atoms with van der Waals surface area (Å²) >= 11 is 5.89. The number of halogens is 1. The van der Waals surface area contributed by atoms with Crippen molar-refractivity contribution in [3.8, 4) is 0 Å². The van der Waals surface area contributed by atoms with E-state index in [0.717, 1.165) is 9.87 Å². The molecule has 5 nitrogen and oxygen atoms in total. The molecule has 1 rings (SSSR count). The standard InChI is InChI=1S/C11H14ClNO4S/c1-7-4-5-10(9(12)6-7)18(16,17)13(3)8(2)11(14)15/h4-6,8H,1-3H3,(H,14,15)/t8-/m0/s1. The molecular formula is C11H14ClNO4S. The largest absolute Gasteiger partial charge is 0.480 e. The number of sulfonamides is 1. The van der Waals surface area contributed by atoms with E-state index < -0.39 is 22.0 Å². The van der Waals surface area contributed by atoms with Gasteiger partial charge < -0.3 is 5.11 Å². The Bertz CT molecular complexity index is 570. The van der Waals surface area contributed by atoms with Crippen molar-refractivity contribution in [1.82, 2.24) is 4.31 Å². The molecule has 0 heterocycles. The molecule has 7 heteroatoms. The number of likely N-dealkylation sites (N-methyl/N-ethyl adjacent to an activating group) is 1. The molecule has 1 aromatic carbocycles. The molecule has 0 aliphatic carbocycles. The van der Waals surface area contributed by atoms with E-state index in [-0.39, 0.29) is 9.92 Å². The second-order valence-electron chi connectivity index (χ2n) is 3.97. The van der Waals surface area contributed by atoms with Crippen LogP contribution in [0.5, 0.6) is 0 Å². The zero-order valence-electron chi connectivity index (χ0n) is 10.2. The summed E-state index contributed by atoms with van der Waals surface area (Å²) in [7, 11) is -2.70. The lowest BCUT2D eigenvalue weighted by molar-refractivity contribution is -0.140. The van der Waals surface area contributed by atoms with E-state index in [1.165, 1.54) is 26.1 Å². The van der Waals surface area contributed by atoms with E-state index in [4.69, 9.17) is 16.7 Å². The summed E-state index contributed by atoms with van der Waals surface area (Å²) in [5, 5.41) is 8.92. The van der Waals surface area contributed by atoms with Gasteiger partial charge in [0.25, 0.3) is 0 Å². The summed E-state index contributed by atoms with van der Waals surface area (Å²) in [6.07, 6.45) is 0. The summed E-state index contributed by atoms with van der Waals surface area (Å²) < 4.78 is 25.2. The normalized spacial score (nSPS) is 13.6. The van der Waals surface area contributed by atoms with Gasteiger partial charge in [-0.25, -0.2) is 8.42 Å². The molecule has 18 heavy (non-hydrogen) atoms. The third kappa shape index (κ3) is 2.82. The Morgan fingerprint density at radius 3 is 2.44 bits per heavy atom. The van der Waals surface area contributed by atoms with Crippen molar-refractivity contribution in [2.24, 2.45) is 0 Å². The highest BCUT2D eigenvalue weighted by Gasteiger charge is 2.30. The molecule has 1 atom stereocenters. The van der Waals surface area contributed by atoms with Gasteiger partial charge in [0.15, 0.2) is 0 Å². The molecule has 0 aliphatic heterocycles. The molecule has 100 valence electrons. The van der Waals surface area contributed by atoms with Gasteiger partial charge in [0.1, 0.15) is 10.9 Å². The molecule has 1 N–H and O–H groups in total. The van der Waals surface area contributed by atoms with Crippen molar-refractivity contribution >= 4 is 27.6 Å². The maximum atomic E-state index is 12.2. The van der Waals surface area contributed by atoms with Gasteiger partial charge in [-0.3, -0.25) is 4.79 Å². The van der Waals surface area contributed by atoms with Crippen molar-refractivity contribution < 1.29 is 18.3 Å². The third-order valence-electron chi connectivity index (χ3n) is 2.65. The number of carboxylic acids is 1. The Morgan fingerprint density at radius 2 is 2.00 bits per heavy atom. The van der Waals surface area contributed by atoms with Crippen LogP contribution in [0, 0.1) is 6.92 Å². The lowest BCUT2D eigenvalue weighted by atomic mass is 10.2. The first-order chi connectivity index (χ1) is 8.17. The fraction of sp³-hybridized carbons (Fsp3) is 0.364. The lowest BCUT2D eigenvalue weighted by Gasteiger charge is -2.21. The van der Waals surface area contributed by atoms with E-state index in [2.05, 4.69) is 0 Å². The lowest BCUT2D eigenvalue weighted by Crippen LogP contribution is -2.40. The highest BCUT2D eigenvalue weighted by atomic mass is 35.5. The Balaban J connectivity index is 3.25. The molecule has 0 saturated heterocycles. The molecule has 0 bridgehead atoms. The molecule has 0 aromatic heterocycles. The van der Waals surface area contributed by atoms with Crippen molar-refractivity contribution in [3.05, 3.63) is 28.8 Å². The fourth-order valence-corrected chi connectivity index (χ4v) is 3.22. The van der Waals surface area contributed by atoms with Crippen LogP contribution in [0.2, 0.25) is 5.02 Å². The second-order valence-corrected chi connectivity index (χ2v) is 6.34. The number of benzene rings is 1. The minimum absolute atomic E-state index is 0.0828. The van der Waals surface area contributed by atoms with Gasteiger partial charge in [0.2, 0.25) is 10.0 Å². The predicted molar refractivity (Wildman–Crippen MR) is 68.2 cm³/mol. The van der Waals surface area contributed by atoms with Crippen LogP contribution in [-0.2, 0) is 14.8 Å². The van der Waals surface area contributed by atoms with Crippen molar-refractivity contribution in [3.63, 3.8) is 0 Å². The van der Waals surface area contributed by atoms with Crippen molar-refractivity contribution in [1.29, 1.82) is 0 Å². The van der Waals surface area contributed by atoms with Crippen LogP contribution in [0.25, 0.3) is 0 Å². The smallest absolute Gasteiger partial charge is 0.321 e. The molecule has 0 fully saturated rings. The second kappa shape index (κ2) is 5.26. The molecule has 1 aromatic rings. The minimum atomic E-state index is -3.91. The maximum absolute atomic E-state index is 12.2. The van der Waals surface area contributed by atoms with E-state index in [9.17, 15) is 13.2 Å². The quantitative estimate of drug-likeness (QED) is 0.917. The van der Waals surface area contributed by atoms with Gasteiger partial charge in [-0.2, -0.15) is 4.31 Å². The molecule has 0 unspecified atom stereocenters. The van der Waals surface area contributed by atoms with Crippen LogP contribution in [-0.4, -0.2) is 36.9 Å². The van der Waals surface area contributed by atoms with Gasteiger partial charge in [-0.1, -0.05) is 17.7 Å². The molecular weight excluding hydrogens is 278 g/mol. The van der Waals surface area contributed by atoms with Crippen LogP contribution >= 0.6 is 11.6 Å². The summed E-state index contributed by atoms with van der Waals surface area (Å²) in [5.41, 5.74) is 0.827. The van der Waals surface area contributed by atoms with Gasteiger partial charge in [0.05, 0.1) is 5.02 Å². The number of hydrogen-bond acceptors (Lipinski definition) is 3. The first kappa shape index (κ1) is 14.9. The van der Waals surface area contributed by atoms with E-state index in [1.807, 2.05) is 0 Å². The van der Waals surface area contributed by atoms with Gasteiger partial charge in [0, 0.05) is 7.05 Å². The highest BCUT2D eigenvalue weighted by molar-refractivity contribution is 7.89. The van der Waals surface area contributed by atoms with E-state index in [0.29, 0.717) is 0 Å². The molecule has 0 spiro atoms. The minimum Gasteiger partial charge on any atom is -0.480 e. The average molecular weight is 292 g/mol. The number of aliphatic carboxylic acids is 1. The predicted octanol–water partition coefficient (Wildman–Crippen LogP) is 1.74. The highest BCUT2D eigenvalue weighted by Crippen LogP contribution is 2.25. The number of carboxylic acid groups (broad SMARTS) is 1. The topological polar surface area (TPSA) is 74.7 Å². The molecule has 0 aliphatic rings. The first-order valence-corrected chi connectivity index (χ1v) is 6.96. The number of aryl methyl sites for hydroxylation is 1. The van der Waals surface area contributed by atoms with Crippen molar-refractivity contribution in [2.75, 3.05) is 7.05 Å². The summed E-state index contributed by atoms with van der Waals surface area (Å²) in [4.78, 5) is 10.7. The van der Waals surface area contributed by atoms with Crippen LogP contribution in [0.1, 0.15) is 12.5 Å². The summed E-state index contributed by atoms with van der Waals surface area (Å²) in [6, 6.07) is 3.34. The van der Waals surface area contributed by atoms with Crippen LogP contribution < -0.4 is 0 Å². The van der Waals surface area contributed by atoms with Crippen LogP contribution in [0.4, 0.5) is 0 Å². The molecule has 0 amide bonds. The van der Waals surface area contributed by atoms with Gasteiger partial charge in [-0.05, 0) is 31.5 Å². The van der Waals surface area contributed by atoms with Crippen LogP contribution in [0.15, 0.2) is 23.1 Å². The number of hydrogen-bond donors (Lipinski definition) is 1. The number of rotatable bonds is 4. The Morgan fingerprint density at radius 1 is 1.44 bits per heavy atom.